The van der Waals surface area contributed by atoms with Crippen LogP contribution in [0.15, 0.2) is 67.1 Å². The maximum absolute atomic E-state index is 13.2. The molecule has 0 aliphatic rings. The molecule has 0 unspecified atom stereocenters. The van der Waals surface area contributed by atoms with E-state index in [-0.39, 0.29) is 11.5 Å². The average molecular weight is 333 g/mol. The van der Waals surface area contributed by atoms with E-state index in [9.17, 15) is 9.18 Å². The van der Waals surface area contributed by atoms with Gasteiger partial charge in [-0.2, -0.15) is 5.10 Å². The molecule has 4 aromatic rings. The Morgan fingerprint density at radius 2 is 1.96 bits per heavy atom. The lowest BCUT2D eigenvalue weighted by Gasteiger charge is -2.06. The Kier molecular flexibility index (Phi) is 3.66. The standard InChI is InChI=1S/C18H12FN5O/c19-14-3-1-2-13(10-14)17(25)21-15-6-4-12(5-7-15)16-11-24-9-8-20-23-18(24)22-16/h1-11H,(H,21,25). The van der Waals surface area contributed by atoms with Gasteiger partial charge in [-0.1, -0.05) is 18.2 Å². The summed E-state index contributed by atoms with van der Waals surface area (Å²) in [6.07, 6.45) is 5.21. The lowest BCUT2D eigenvalue weighted by Crippen LogP contribution is -2.11. The van der Waals surface area contributed by atoms with E-state index >= 15 is 0 Å². The van der Waals surface area contributed by atoms with Crippen LogP contribution < -0.4 is 5.32 Å². The Morgan fingerprint density at radius 3 is 2.72 bits per heavy atom. The highest BCUT2D eigenvalue weighted by molar-refractivity contribution is 6.04. The van der Waals surface area contributed by atoms with Gasteiger partial charge in [-0.25, -0.2) is 9.37 Å². The molecule has 0 atom stereocenters. The Balaban J connectivity index is 1.54. The molecule has 2 aromatic heterocycles. The first-order chi connectivity index (χ1) is 12.2. The SMILES string of the molecule is O=C(Nc1ccc(-c2cn3ccnnc3n2)cc1)c1cccc(F)c1. The Hall–Kier alpha value is -3.61. The fourth-order valence-electron chi connectivity index (χ4n) is 2.45. The van der Waals surface area contributed by atoms with E-state index in [1.807, 2.05) is 18.3 Å². The first-order valence-electron chi connectivity index (χ1n) is 7.53. The summed E-state index contributed by atoms with van der Waals surface area (Å²) in [6, 6.07) is 12.8. The number of nitrogens with zero attached hydrogens (tertiary/aromatic N) is 4. The second-order valence-electron chi connectivity index (χ2n) is 5.39. The highest BCUT2D eigenvalue weighted by atomic mass is 19.1. The van der Waals surface area contributed by atoms with Crippen LogP contribution in [0.3, 0.4) is 0 Å². The van der Waals surface area contributed by atoms with Crippen LogP contribution in [-0.4, -0.2) is 25.5 Å². The number of rotatable bonds is 3. The third kappa shape index (κ3) is 3.07. The van der Waals surface area contributed by atoms with Crippen molar-refractivity contribution >= 4 is 17.4 Å². The molecular formula is C18H12FN5O. The molecule has 1 N–H and O–H groups in total. The molecule has 0 bridgehead atoms. The summed E-state index contributed by atoms with van der Waals surface area (Å²) in [5.41, 5.74) is 2.52. The molecule has 2 aromatic carbocycles. The van der Waals surface area contributed by atoms with Gasteiger partial charge < -0.3 is 5.32 Å². The van der Waals surface area contributed by atoms with Crippen LogP contribution in [0.4, 0.5) is 10.1 Å². The van der Waals surface area contributed by atoms with Gasteiger partial charge in [0.2, 0.25) is 0 Å². The molecule has 25 heavy (non-hydrogen) atoms. The number of carbonyl (C=O) groups is 1. The van der Waals surface area contributed by atoms with Crippen LogP contribution in [0.2, 0.25) is 0 Å². The van der Waals surface area contributed by atoms with Gasteiger partial charge in [-0.05, 0) is 30.3 Å². The molecule has 0 saturated carbocycles. The number of amides is 1. The quantitative estimate of drug-likeness (QED) is 0.625. The van der Waals surface area contributed by atoms with Crippen molar-refractivity contribution < 1.29 is 9.18 Å². The fourth-order valence-corrected chi connectivity index (χ4v) is 2.45. The molecule has 0 radical (unpaired) electrons. The van der Waals surface area contributed by atoms with Crippen molar-refractivity contribution in [1.82, 2.24) is 19.6 Å². The van der Waals surface area contributed by atoms with E-state index in [4.69, 9.17) is 0 Å². The summed E-state index contributed by atoms with van der Waals surface area (Å²) >= 11 is 0. The minimum Gasteiger partial charge on any atom is -0.322 e. The number of anilines is 1. The maximum Gasteiger partial charge on any atom is 0.255 e. The van der Waals surface area contributed by atoms with Gasteiger partial charge in [-0.3, -0.25) is 9.20 Å². The van der Waals surface area contributed by atoms with Gasteiger partial charge in [0.25, 0.3) is 11.7 Å². The molecule has 0 fully saturated rings. The van der Waals surface area contributed by atoms with Gasteiger partial charge in [0, 0.05) is 29.2 Å². The highest BCUT2D eigenvalue weighted by Crippen LogP contribution is 2.21. The molecule has 0 saturated heterocycles. The molecule has 6 nitrogen and oxygen atoms in total. The average Bonchev–Trinajstić information content (AvgIpc) is 3.06. The zero-order chi connectivity index (χ0) is 17.2. The number of fused-ring (bicyclic) bond motifs is 1. The van der Waals surface area contributed by atoms with Crippen molar-refractivity contribution in [2.75, 3.05) is 5.32 Å². The Morgan fingerprint density at radius 1 is 1.12 bits per heavy atom. The number of carbonyl (C=O) groups excluding carboxylic acids is 1. The van der Waals surface area contributed by atoms with Crippen molar-refractivity contribution in [2.24, 2.45) is 0 Å². The lowest BCUT2D eigenvalue weighted by atomic mass is 10.1. The van der Waals surface area contributed by atoms with E-state index in [1.165, 1.54) is 18.2 Å². The molecule has 122 valence electrons. The number of imidazole rings is 1. The van der Waals surface area contributed by atoms with Crippen molar-refractivity contribution in [2.45, 2.75) is 0 Å². The summed E-state index contributed by atoms with van der Waals surface area (Å²) in [5.74, 6) is -0.297. The first kappa shape index (κ1) is 14.9. The topological polar surface area (TPSA) is 72.2 Å². The number of halogens is 1. The minimum atomic E-state index is -0.446. The zero-order valence-electron chi connectivity index (χ0n) is 12.9. The van der Waals surface area contributed by atoms with E-state index in [1.54, 1.807) is 35.0 Å². The fraction of sp³-hybridized carbons (Fsp3) is 0. The Labute approximate surface area is 142 Å². The molecule has 4 rings (SSSR count). The molecule has 0 aliphatic carbocycles. The molecule has 1 amide bonds. The number of nitrogens with one attached hydrogen (secondary N) is 1. The second kappa shape index (κ2) is 6.12. The van der Waals surface area contributed by atoms with Crippen LogP contribution in [-0.2, 0) is 0 Å². The van der Waals surface area contributed by atoms with Gasteiger partial charge in [0.1, 0.15) is 5.82 Å². The van der Waals surface area contributed by atoms with Crippen molar-refractivity contribution in [3.05, 3.63) is 78.5 Å². The maximum atomic E-state index is 13.2. The van der Waals surface area contributed by atoms with Crippen LogP contribution in [0.25, 0.3) is 17.0 Å². The van der Waals surface area contributed by atoms with Crippen LogP contribution in [0.5, 0.6) is 0 Å². The molecule has 7 heteroatoms. The third-order valence-corrected chi connectivity index (χ3v) is 3.68. The predicted octanol–water partition coefficient (Wildman–Crippen LogP) is 3.18. The van der Waals surface area contributed by atoms with Crippen molar-refractivity contribution in [1.29, 1.82) is 0 Å². The number of hydrogen-bond acceptors (Lipinski definition) is 4. The lowest BCUT2D eigenvalue weighted by molar-refractivity contribution is 0.102. The summed E-state index contributed by atoms with van der Waals surface area (Å²) < 4.78 is 15.0. The predicted molar refractivity (Wildman–Crippen MR) is 90.6 cm³/mol. The smallest absolute Gasteiger partial charge is 0.255 e. The zero-order valence-corrected chi connectivity index (χ0v) is 12.9. The monoisotopic (exact) mass is 333 g/mol. The second-order valence-corrected chi connectivity index (χ2v) is 5.39. The number of aromatic nitrogens is 4. The summed E-state index contributed by atoms with van der Waals surface area (Å²) in [7, 11) is 0. The first-order valence-corrected chi connectivity index (χ1v) is 7.53. The summed E-state index contributed by atoms with van der Waals surface area (Å²) in [4.78, 5) is 16.5. The van der Waals surface area contributed by atoms with Crippen LogP contribution in [0, 0.1) is 5.82 Å². The van der Waals surface area contributed by atoms with E-state index in [2.05, 4.69) is 20.5 Å². The molecular weight excluding hydrogens is 321 g/mol. The molecule has 0 spiro atoms. The number of hydrogen-bond donors (Lipinski definition) is 1. The van der Waals surface area contributed by atoms with Crippen molar-refractivity contribution in [3.63, 3.8) is 0 Å². The Bertz CT molecular complexity index is 1030. The van der Waals surface area contributed by atoms with Crippen LogP contribution >= 0.6 is 0 Å². The van der Waals surface area contributed by atoms with Gasteiger partial charge in [0.05, 0.1) is 11.9 Å². The largest absolute Gasteiger partial charge is 0.322 e. The van der Waals surface area contributed by atoms with E-state index in [0.717, 1.165) is 11.3 Å². The summed E-state index contributed by atoms with van der Waals surface area (Å²) in [6.45, 7) is 0. The van der Waals surface area contributed by atoms with E-state index < -0.39 is 5.82 Å². The summed E-state index contributed by atoms with van der Waals surface area (Å²) in [5, 5.41) is 10.5. The van der Waals surface area contributed by atoms with Gasteiger partial charge >= 0.3 is 0 Å². The van der Waals surface area contributed by atoms with Gasteiger partial charge in [0.15, 0.2) is 0 Å². The number of benzene rings is 2. The highest BCUT2D eigenvalue weighted by Gasteiger charge is 2.08. The normalized spacial score (nSPS) is 10.8. The third-order valence-electron chi connectivity index (χ3n) is 3.68. The van der Waals surface area contributed by atoms with Crippen molar-refractivity contribution in [3.8, 4) is 11.3 Å². The van der Waals surface area contributed by atoms with E-state index in [0.29, 0.717) is 11.5 Å². The van der Waals surface area contributed by atoms with Gasteiger partial charge in [-0.15, -0.1) is 5.10 Å². The molecule has 2 heterocycles. The van der Waals surface area contributed by atoms with Crippen LogP contribution in [0.1, 0.15) is 10.4 Å². The molecule has 0 aliphatic heterocycles. The minimum absolute atomic E-state index is 0.267.